The molecule has 1 amide bonds. The highest BCUT2D eigenvalue weighted by molar-refractivity contribution is 6.08. The number of morpholine rings is 1. The van der Waals surface area contributed by atoms with E-state index in [4.69, 9.17) is 19.3 Å². The van der Waals surface area contributed by atoms with Crippen LogP contribution in [0.2, 0.25) is 0 Å². The number of alkyl halides is 2. The van der Waals surface area contributed by atoms with E-state index in [1.807, 2.05) is 35.9 Å². The fourth-order valence-electron chi connectivity index (χ4n) is 10.5. The zero-order valence-electron chi connectivity index (χ0n) is 36.3. The number of hydrogen-bond acceptors (Lipinski definition) is 13. The van der Waals surface area contributed by atoms with Crippen LogP contribution in [0.1, 0.15) is 104 Å². The third-order valence-electron chi connectivity index (χ3n) is 14.1. The molecule has 344 valence electrons. The summed E-state index contributed by atoms with van der Waals surface area (Å²) in [5.41, 5.74) is 1.89. The maximum atomic E-state index is 14.3. The monoisotopic (exact) mass is 887 g/mol. The average Bonchev–Trinajstić information content (AvgIpc) is 4.01. The number of amides is 1. The number of carbonyl (C=O) groups is 1. The Kier molecular flexibility index (Phi) is 12.5. The number of piperidine rings is 2. The molecule has 2 saturated carbocycles. The number of fused-ring (bicyclic) bond motifs is 2. The molecule has 5 aliphatic rings. The average molecular weight is 888 g/mol. The molecule has 3 atom stereocenters. The highest BCUT2D eigenvalue weighted by Crippen LogP contribution is 2.38. The van der Waals surface area contributed by atoms with E-state index in [1.54, 1.807) is 17.1 Å². The highest BCUT2D eigenvalue weighted by Gasteiger charge is 2.36. The van der Waals surface area contributed by atoms with Gasteiger partial charge < -0.3 is 39.5 Å². The smallest absolute Gasteiger partial charge is 0.284 e. The molecule has 4 aromatic heterocycles. The lowest BCUT2D eigenvalue weighted by Crippen LogP contribution is -2.48. The molecule has 4 N–H and O–H groups in total. The van der Waals surface area contributed by atoms with Gasteiger partial charge in [-0.15, -0.1) is 0 Å². The molecule has 0 radical (unpaired) electrons. The number of halogens is 2. The van der Waals surface area contributed by atoms with Crippen molar-refractivity contribution in [3.05, 3.63) is 59.8 Å². The van der Waals surface area contributed by atoms with Gasteiger partial charge in [-0.25, -0.2) is 18.3 Å². The number of aliphatic hydroxyl groups excluding tert-OH is 2. The van der Waals surface area contributed by atoms with Crippen LogP contribution in [0, 0.1) is 18.8 Å². The number of ether oxygens (including phenoxy) is 3. The maximum Gasteiger partial charge on any atom is 0.284 e. The van der Waals surface area contributed by atoms with Gasteiger partial charge in [-0.2, -0.15) is 15.3 Å². The van der Waals surface area contributed by atoms with Gasteiger partial charge in [0.15, 0.2) is 11.3 Å². The Balaban J connectivity index is 0.656. The van der Waals surface area contributed by atoms with E-state index in [9.17, 15) is 23.8 Å². The molecule has 10 rings (SSSR count). The highest BCUT2D eigenvalue weighted by atomic mass is 19.3. The molecule has 5 aromatic rings. The molecule has 7 heterocycles. The van der Waals surface area contributed by atoms with Crippen LogP contribution in [0.25, 0.3) is 16.6 Å². The number of nitrogens with zero attached hydrogens (tertiary/aromatic N) is 9. The summed E-state index contributed by atoms with van der Waals surface area (Å²) in [7, 11) is 0. The molecule has 3 saturated heterocycles. The fourth-order valence-corrected chi connectivity index (χ4v) is 10.5. The van der Waals surface area contributed by atoms with E-state index in [1.165, 1.54) is 10.7 Å². The lowest BCUT2D eigenvalue weighted by molar-refractivity contribution is -0.100. The van der Waals surface area contributed by atoms with Crippen LogP contribution in [0.15, 0.2) is 42.9 Å². The van der Waals surface area contributed by atoms with Gasteiger partial charge in [0.1, 0.15) is 29.6 Å². The van der Waals surface area contributed by atoms with Crippen LogP contribution in [0.4, 0.5) is 20.3 Å². The molecule has 2 aliphatic carbocycles. The number of anilines is 2. The molecule has 19 heteroatoms. The minimum absolute atomic E-state index is 0.00757. The van der Waals surface area contributed by atoms with Crippen molar-refractivity contribution >= 4 is 34.0 Å². The summed E-state index contributed by atoms with van der Waals surface area (Å²) in [6, 6.07) is 7.52. The molecule has 0 unspecified atom stereocenters. The largest absolute Gasteiger partial charge is 0.493 e. The number of rotatable bonds is 13. The Morgan fingerprint density at radius 1 is 0.969 bits per heavy atom. The van der Waals surface area contributed by atoms with Crippen molar-refractivity contribution in [3.63, 3.8) is 0 Å². The second-order valence-electron chi connectivity index (χ2n) is 18.4. The number of aromatic nitrogens is 7. The predicted octanol–water partition coefficient (Wildman–Crippen LogP) is 5.24. The van der Waals surface area contributed by atoms with Crippen LogP contribution < -0.4 is 20.3 Å². The lowest BCUT2D eigenvalue weighted by Gasteiger charge is -2.41. The van der Waals surface area contributed by atoms with E-state index in [0.717, 1.165) is 93.3 Å². The van der Waals surface area contributed by atoms with E-state index >= 15 is 0 Å². The molecule has 17 nitrogen and oxygen atoms in total. The van der Waals surface area contributed by atoms with Crippen LogP contribution in [-0.2, 0) is 9.47 Å². The van der Waals surface area contributed by atoms with E-state index in [0.29, 0.717) is 69.1 Å². The number of aryl methyl sites for hydroxylation is 1. The van der Waals surface area contributed by atoms with Crippen molar-refractivity contribution < 1.29 is 38.0 Å². The van der Waals surface area contributed by atoms with Gasteiger partial charge in [0.25, 0.3) is 12.3 Å². The normalized spacial score (nSPS) is 27.3. The van der Waals surface area contributed by atoms with Crippen LogP contribution in [0.5, 0.6) is 5.75 Å². The Bertz CT molecular complexity index is 2400. The molecule has 0 spiro atoms. The van der Waals surface area contributed by atoms with E-state index in [2.05, 4.69) is 35.6 Å². The first-order valence-electron chi connectivity index (χ1n) is 23.1. The van der Waals surface area contributed by atoms with Gasteiger partial charge in [0.05, 0.1) is 72.6 Å². The molecule has 3 aliphatic heterocycles. The standard InChI is InChI=1S/C45H59F2N11O6/c1-27-40-35(58(52-27)36-9-10-39(59)51-45(36)61)3-2-4-37(40)63-26-29-21-32(22-29)64-31-11-14-54(15-12-31)24-28-5-7-30(8-6-28)57-25-34(41(53-57)42(46)47)49-44(60)33-23-48-56-16-13-38(50-43(33)56)55-17-19-62-20-18-55/h2-4,13,16,23,25,28-32,36,39,42,45,51,59,61H,5-12,14-15,17-22,24,26H2,1H3,(H,49,60)/t28?,29?,30?,32?,36-,39-,45-/m0/s1. The number of likely N-dealkylation sites (tertiary alicyclic amines) is 1. The molecule has 64 heavy (non-hydrogen) atoms. The topological polar surface area (TPSA) is 182 Å². The van der Waals surface area contributed by atoms with Crippen molar-refractivity contribution in [3.8, 4) is 5.75 Å². The summed E-state index contributed by atoms with van der Waals surface area (Å²) < 4.78 is 52.0. The molecular formula is C45H59F2N11O6. The SMILES string of the molecule is Cc1nn([C@H]2CC[C@H](O)N[C@H]2O)c2cccc(OCC3CC(OC4CCN(CC5CCC(n6cc(NC(=O)c7cnn8ccc(N9CCOCC9)nc78)c(C(F)F)n6)CC5)CC4)C3)c12. The van der Waals surface area contributed by atoms with Crippen LogP contribution >= 0.6 is 0 Å². The minimum Gasteiger partial charge on any atom is -0.493 e. The van der Waals surface area contributed by atoms with Gasteiger partial charge in [-0.05, 0) is 101 Å². The number of aliphatic hydroxyl groups is 2. The second kappa shape index (κ2) is 18.6. The summed E-state index contributed by atoms with van der Waals surface area (Å²) in [5, 5.41) is 40.3. The van der Waals surface area contributed by atoms with Gasteiger partial charge in [0, 0.05) is 45.1 Å². The molecular weight excluding hydrogens is 829 g/mol. The van der Waals surface area contributed by atoms with Crippen LogP contribution in [0.3, 0.4) is 0 Å². The van der Waals surface area contributed by atoms with E-state index < -0.39 is 30.5 Å². The third-order valence-corrected chi connectivity index (χ3v) is 14.1. The zero-order valence-corrected chi connectivity index (χ0v) is 36.3. The first kappa shape index (κ1) is 43.1. The quantitative estimate of drug-likeness (QED) is 0.121. The van der Waals surface area contributed by atoms with Crippen molar-refractivity contribution in [2.24, 2.45) is 11.8 Å². The van der Waals surface area contributed by atoms with Gasteiger partial charge in [-0.1, -0.05) is 6.07 Å². The van der Waals surface area contributed by atoms with Crippen molar-refractivity contribution in [1.29, 1.82) is 0 Å². The van der Waals surface area contributed by atoms with Crippen LogP contribution in [-0.4, -0.2) is 132 Å². The van der Waals surface area contributed by atoms with Gasteiger partial charge >= 0.3 is 0 Å². The number of nitrogens with one attached hydrogen (secondary N) is 2. The number of benzene rings is 1. The Hall–Kier alpha value is -4.79. The Morgan fingerprint density at radius 3 is 2.53 bits per heavy atom. The summed E-state index contributed by atoms with van der Waals surface area (Å²) in [6.45, 7) is 8.18. The molecule has 5 fully saturated rings. The molecule has 1 aromatic carbocycles. The first-order chi connectivity index (χ1) is 31.1. The predicted molar refractivity (Wildman–Crippen MR) is 233 cm³/mol. The van der Waals surface area contributed by atoms with Crippen molar-refractivity contribution in [2.75, 3.05) is 62.8 Å². The lowest BCUT2D eigenvalue weighted by atomic mass is 9.82. The fraction of sp³-hybridized carbons (Fsp3) is 0.622. The van der Waals surface area contributed by atoms with Gasteiger partial charge in [-0.3, -0.25) is 19.5 Å². The van der Waals surface area contributed by atoms with Gasteiger partial charge in [0.2, 0.25) is 0 Å². The number of carbonyl (C=O) groups excluding carboxylic acids is 1. The summed E-state index contributed by atoms with van der Waals surface area (Å²) >= 11 is 0. The number of hydrogen-bond donors (Lipinski definition) is 4. The summed E-state index contributed by atoms with van der Waals surface area (Å²) in [4.78, 5) is 22.8. The van der Waals surface area contributed by atoms with Crippen molar-refractivity contribution in [2.45, 2.75) is 114 Å². The Morgan fingerprint density at radius 2 is 1.77 bits per heavy atom. The maximum absolute atomic E-state index is 14.3. The third kappa shape index (κ3) is 9.07. The zero-order chi connectivity index (χ0) is 43.9. The van der Waals surface area contributed by atoms with Crippen molar-refractivity contribution in [1.82, 2.24) is 44.4 Å². The molecule has 0 bridgehead atoms. The minimum atomic E-state index is -2.84. The second-order valence-corrected chi connectivity index (χ2v) is 18.4. The Labute approximate surface area is 370 Å². The summed E-state index contributed by atoms with van der Waals surface area (Å²) in [6.07, 6.45) is 9.61. The first-order valence-corrected chi connectivity index (χ1v) is 23.1. The summed E-state index contributed by atoms with van der Waals surface area (Å²) in [5.74, 6) is 1.91. The van der Waals surface area contributed by atoms with E-state index in [-0.39, 0.29) is 35.5 Å².